The second kappa shape index (κ2) is 8.91. The highest BCUT2D eigenvalue weighted by Gasteiger charge is 2.21. The molecule has 1 aliphatic rings. The first-order valence-corrected chi connectivity index (χ1v) is 9.59. The van der Waals surface area contributed by atoms with Crippen LogP contribution in [0.1, 0.15) is 30.5 Å². The number of ether oxygens (including phenoxy) is 2. The van der Waals surface area contributed by atoms with Gasteiger partial charge in [-0.2, -0.15) is 0 Å². The molecule has 0 aliphatic carbocycles. The van der Waals surface area contributed by atoms with E-state index >= 15 is 0 Å². The van der Waals surface area contributed by atoms with Gasteiger partial charge in [-0.1, -0.05) is 17.7 Å². The molecule has 0 aromatic heterocycles. The zero-order valence-electron chi connectivity index (χ0n) is 16.4. The standard InChI is InChI=1S/C22H28N2O3/c1-4-26-20-12-17-10-11-24(14-18(17)13-21(20)27-5-2)15-22(25)23-19-8-6-16(3)7-9-19/h6-9,12-13H,4-5,10-11,14-15H2,1-3H3,(H,23,25). The summed E-state index contributed by atoms with van der Waals surface area (Å²) < 4.78 is 11.5. The van der Waals surface area contributed by atoms with E-state index in [0.717, 1.165) is 36.7 Å². The summed E-state index contributed by atoms with van der Waals surface area (Å²) in [6, 6.07) is 12.0. The number of hydrogen-bond donors (Lipinski definition) is 1. The lowest BCUT2D eigenvalue weighted by Gasteiger charge is -2.29. The molecule has 5 heteroatoms. The highest BCUT2D eigenvalue weighted by Crippen LogP contribution is 2.33. The van der Waals surface area contributed by atoms with E-state index in [4.69, 9.17) is 9.47 Å². The summed E-state index contributed by atoms with van der Waals surface area (Å²) in [5.41, 5.74) is 4.49. The Morgan fingerprint density at radius 3 is 2.30 bits per heavy atom. The molecular formula is C22H28N2O3. The molecule has 0 bridgehead atoms. The molecule has 3 rings (SSSR count). The van der Waals surface area contributed by atoms with Gasteiger partial charge in [0.2, 0.25) is 5.91 Å². The smallest absolute Gasteiger partial charge is 0.238 e. The predicted molar refractivity (Wildman–Crippen MR) is 108 cm³/mol. The van der Waals surface area contributed by atoms with Gasteiger partial charge in [0, 0.05) is 18.8 Å². The van der Waals surface area contributed by atoms with Crippen molar-refractivity contribution in [1.29, 1.82) is 0 Å². The molecule has 2 aromatic carbocycles. The first-order valence-electron chi connectivity index (χ1n) is 9.59. The quantitative estimate of drug-likeness (QED) is 0.808. The number of fused-ring (bicyclic) bond motifs is 1. The number of hydrogen-bond acceptors (Lipinski definition) is 4. The van der Waals surface area contributed by atoms with Gasteiger partial charge in [-0.05, 0) is 62.6 Å². The van der Waals surface area contributed by atoms with E-state index in [-0.39, 0.29) is 5.91 Å². The summed E-state index contributed by atoms with van der Waals surface area (Å²) in [4.78, 5) is 14.6. The monoisotopic (exact) mass is 368 g/mol. The summed E-state index contributed by atoms with van der Waals surface area (Å²) in [7, 11) is 0. The molecule has 144 valence electrons. The van der Waals surface area contributed by atoms with Gasteiger partial charge in [0.25, 0.3) is 0 Å². The van der Waals surface area contributed by atoms with Crippen LogP contribution in [0.5, 0.6) is 11.5 Å². The Balaban J connectivity index is 1.65. The van der Waals surface area contributed by atoms with Crippen molar-refractivity contribution in [3.05, 3.63) is 53.1 Å². The van der Waals surface area contributed by atoms with Crippen molar-refractivity contribution in [3.8, 4) is 11.5 Å². The maximum absolute atomic E-state index is 12.4. The van der Waals surface area contributed by atoms with Crippen LogP contribution in [-0.4, -0.2) is 37.1 Å². The molecular weight excluding hydrogens is 340 g/mol. The molecule has 1 amide bonds. The van der Waals surface area contributed by atoms with Crippen LogP contribution in [-0.2, 0) is 17.8 Å². The van der Waals surface area contributed by atoms with Gasteiger partial charge in [-0.25, -0.2) is 0 Å². The molecule has 0 fully saturated rings. The SMILES string of the molecule is CCOc1cc2c(cc1OCC)CN(CC(=O)Nc1ccc(C)cc1)CC2. The van der Waals surface area contributed by atoms with Gasteiger partial charge >= 0.3 is 0 Å². The van der Waals surface area contributed by atoms with E-state index in [1.807, 2.05) is 45.0 Å². The molecule has 27 heavy (non-hydrogen) atoms. The van der Waals surface area contributed by atoms with Crippen molar-refractivity contribution in [1.82, 2.24) is 4.90 Å². The summed E-state index contributed by atoms with van der Waals surface area (Å²) in [5, 5.41) is 2.97. The third kappa shape index (κ3) is 5.01. The van der Waals surface area contributed by atoms with Gasteiger partial charge in [-0.3, -0.25) is 9.69 Å². The van der Waals surface area contributed by atoms with E-state index < -0.39 is 0 Å². The molecule has 1 N–H and O–H groups in total. The van der Waals surface area contributed by atoms with Gasteiger partial charge in [0.15, 0.2) is 11.5 Å². The molecule has 0 atom stereocenters. The third-order valence-electron chi connectivity index (χ3n) is 4.66. The van der Waals surface area contributed by atoms with Gasteiger partial charge < -0.3 is 14.8 Å². The Morgan fingerprint density at radius 2 is 1.67 bits per heavy atom. The van der Waals surface area contributed by atoms with E-state index in [1.54, 1.807) is 0 Å². The largest absolute Gasteiger partial charge is 0.490 e. The zero-order chi connectivity index (χ0) is 19.2. The molecule has 0 unspecified atom stereocenters. The second-order valence-corrected chi connectivity index (χ2v) is 6.81. The minimum Gasteiger partial charge on any atom is -0.490 e. The number of rotatable bonds is 7. The number of nitrogens with one attached hydrogen (secondary N) is 1. The lowest BCUT2D eigenvalue weighted by molar-refractivity contribution is -0.117. The van der Waals surface area contributed by atoms with Crippen LogP contribution in [0, 0.1) is 6.92 Å². The normalized spacial score (nSPS) is 13.7. The van der Waals surface area contributed by atoms with Gasteiger partial charge in [-0.15, -0.1) is 0 Å². The molecule has 0 radical (unpaired) electrons. The lowest BCUT2D eigenvalue weighted by Crippen LogP contribution is -2.37. The highest BCUT2D eigenvalue weighted by molar-refractivity contribution is 5.92. The van der Waals surface area contributed by atoms with Crippen molar-refractivity contribution >= 4 is 11.6 Å². The number of aryl methyl sites for hydroxylation is 1. The van der Waals surface area contributed by atoms with Crippen molar-refractivity contribution in [2.24, 2.45) is 0 Å². The molecule has 0 saturated carbocycles. The Hall–Kier alpha value is -2.53. The van der Waals surface area contributed by atoms with Crippen LogP contribution in [0.25, 0.3) is 0 Å². The summed E-state index contributed by atoms with van der Waals surface area (Å²) in [5.74, 6) is 1.60. The molecule has 2 aromatic rings. The molecule has 1 aliphatic heterocycles. The third-order valence-corrected chi connectivity index (χ3v) is 4.66. The highest BCUT2D eigenvalue weighted by atomic mass is 16.5. The van der Waals surface area contributed by atoms with Crippen molar-refractivity contribution in [2.45, 2.75) is 33.7 Å². The second-order valence-electron chi connectivity index (χ2n) is 6.81. The van der Waals surface area contributed by atoms with Crippen LogP contribution in [0.3, 0.4) is 0 Å². The molecule has 5 nitrogen and oxygen atoms in total. The van der Waals surface area contributed by atoms with Crippen LogP contribution in [0.15, 0.2) is 36.4 Å². The number of benzene rings is 2. The fraction of sp³-hybridized carbons (Fsp3) is 0.409. The predicted octanol–water partition coefficient (Wildman–Crippen LogP) is 3.79. The maximum atomic E-state index is 12.4. The summed E-state index contributed by atoms with van der Waals surface area (Å²) >= 11 is 0. The van der Waals surface area contributed by atoms with Crippen LogP contribution < -0.4 is 14.8 Å². The number of carbonyl (C=O) groups excluding carboxylic acids is 1. The van der Waals surface area contributed by atoms with E-state index in [9.17, 15) is 4.79 Å². The Kier molecular flexibility index (Phi) is 6.35. The Labute approximate surface area is 161 Å². The molecule has 0 saturated heterocycles. The minimum absolute atomic E-state index is 0.0123. The first-order chi connectivity index (χ1) is 13.1. The van der Waals surface area contributed by atoms with E-state index in [1.165, 1.54) is 16.7 Å². The minimum atomic E-state index is 0.0123. The zero-order valence-corrected chi connectivity index (χ0v) is 16.4. The Bertz CT molecular complexity index is 787. The summed E-state index contributed by atoms with van der Waals surface area (Å²) in [6.07, 6.45) is 0.902. The van der Waals surface area contributed by atoms with Crippen LogP contribution in [0.2, 0.25) is 0 Å². The average molecular weight is 368 g/mol. The van der Waals surface area contributed by atoms with E-state index in [0.29, 0.717) is 19.8 Å². The number of anilines is 1. The average Bonchev–Trinajstić information content (AvgIpc) is 2.64. The van der Waals surface area contributed by atoms with Crippen LogP contribution in [0.4, 0.5) is 5.69 Å². The molecule has 0 spiro atoms. The molecule has 1 heterocycles. The fourth-order valence-electron chi connectivity index (χ4n) is 3.33. The number of amides is 1. The topological polar surface area (TPSA) is 50.8 Å². The lowest BCUT2D eigenvalue weighted by atomic mass is 9.98. The van der Waals surface area contributed by atoms with Gasteiger partial charge in [0.05, 0.1) is 19.8 Å². The van der Waals surface area contributed by atoms with Crippen LogP contribution >= 0.6 is 0 Å². The fourth-order valence-corrected chi connectivity index (χ4v) is 3.33. The van der Waals surface area contributed by atoms with Crippen molar-refractivity contribution in [2.75, 3.05) is 31.6 Å². The van der Waals surface area contributed by atoms with E-state index in [2.05, 4.69) is 22.3 Å². The maximum Gasteiger partial charge on any atom is 0.238 e. The number of carbonyl (C=O) groups is 1. The number of nitrogens with zero attached hydrogens (tertiary/aromatic N) is 1. The van der Waals surface area contributed by atoms with Gasteiger partial charge in [0.1, 0.15) is 0 Å². The van der Waals surface area contributed by atoms with Crippen molar-refractivity contribution in [3.63, 3.8) is 0 Å². The summed E-state index contributed by atoms with van der Waals surface area (Å²) in [6.45, 7) is 9.16. The van der Waals surface area contributed by atoms with Crippen molar-refractivity contribution < 1.29 is 14.3 Å². The Morgan fingerprint density at radius 1 is 1.04 bits per heavy atom. The first kappa shape index (κ1) is 19.2.